The number of carbonyl (C=O) groups excluding carboxylic acids is 2. The van der Waals surface area contributed by atoms with Crippen molar-refractivity contribution < 1.29 is 24.2 Å². The number of ether oxygens (including phenoxy) is 1. The van der Waals surface area contributed by atoms with Crippen molar-refractivity contribution >= 4 is 40.2 Å². The Morgan fingerprint density at radius 1 is 0.907 bits per heavy atom. The number of methoxy groups -OCH3 is 1. The van der Waals surface area contributed by atoms with Gasteiger partial charge in [-0.05, 0) is 87.8 Å². The van der Waals surface area contributed by atoms with Gasteiger partial charge in [0.25, 0.3) is 5.91 Å². The minimum atomic E-state index is -0.955. The van der Waals surface area contributed by atoms with Crippen molar-refractivity contribution in [2.75, 3.05) is 26.7 Å². The molecule has 2 heterocycles. The van der Waals surface area contributed by atoms with Gasteiger partial charge in [-0.25, -0.2) is 0 Å². The predicted octanol–water partition coefficient (Wildman–Crippen LogP) is 7.23. The van der Waals surface area contributed by atoms with E-state index in [1.54, 1.807) is 56.5 Å². The minimum absolute atomic E-state index is 0.103. The molecule has 0 spiro atoms. The highest BCUT2D eigenvalue weighted by atomic mass is 35.5. The number of aliphatic carboxylic acids is 1. The number of aromatic nitrogens is 1. The van der Waals surface area contributed by atoms with Gasteiger partial charge in [0.1, 0.15) is 5.75 Å². The largest absolute Gasteiger partial charge is 0.497 e. The van der Waals surface area contributed by atoms with Crippen LogP contribution in [0.25, 0.3) is 10.9 Å². The van der Waals surface area contributed by atoms with E-state index in [4.69, 9.17) is 16.3 Å². The Morgan fingerprint density at radius 2 is 1.53 bits per heavy atom. The van der Waals surface area contributed by atoms with Crippen molar-refractivity contribution in [3.8, 4) is 5.75 Å². The van der Waals surface area contributed by atoms with Gasteiger partial charge in [-0.1, -0.05) is 54.8 Å². The summed E-state index contributed by atoms with van der Waals surface area (Å²) in [5.41, 5.74) is 4.38. The van der Waals surface area contributed by atoms with Gasteiger partial charge in [0.2, 0.25) is 0 Å². The fraction of sp³-hybridized carbons (Fsp3) is 0.343. The molecule has 0 bridgehead atoms. The van der Waals surface area contributed by atoms with Crippen LogP contribution < -0.4 is 4.74 Å². The van der Waals surface area contributed by atoms with Crippen molar-refractivity contribution in [1.82, 2.24) is 9.47 Å². The van der Waals surface area contributed by atoms with E-state index >= 15 is 0 Å². The highest BCUT2D eigenvalue weighted by Gasteiger charge is 2.22. The Kier molecular flexibility index (Phi) is 10.8. The maximum Gasteiger partial charge on any atom is 0.307 e. The van der Waals surface area contributed by atoms with Crippen molar-refractivity contribution in [2.24, 2.45) is 5.92 Å². The second-order valence-electron chi connectivity index (χ2n) is 11.2. The zero-order chi connectivity index (χ0) is 31.1. The van der Waals surface area contributed by atoms with Crippen molar-refractivity contribution in [3.63, 3.8) is 0 Å². The van der Waals surface area contributed by atoms with Gasteiger partial charge in [-0.2, -0.15) is 0 Å². The third kappa shape index (κ3) is 7.92. The lowest BCUT2D eigenvalue weighted by Gasteiger charge is -2.28. The number of halogens is 1. The Hall–Kier alpha value is -3.94. The Bertz CT molecular complexity index is 1590. The fourth-order valence-electron chi connectivity index (χ4n) is 5.56. The van der Waals surface area contributed by atoms with Crippen LogP contribution in [-0.2, 0) is 11.2 Å². The highest BCUT2D eigenvalue weighted by Crippen LogP contribution is 2.31. The first-order valence-electron chi connectivity index (χ1n) is 14.6. The number of likely N-dealkylation sites (tertiary alicyclic amines) is 1. The molecule has 43 heavy (non-hydrogen) atoms. The van der Waals surface area contributed by atoms with Crippen LogP contribution in [0.4, 0.5) is 0 Å². The smallest absolute Gasteiger partial charge is 0.307 e. The average molecular weight is 603 g/mol. The highest BCUT2D eigenvalue weighted by molar-refractivity contribution is 6.30. The van der Waals surface area contributed by atoms with Gasteiger partial charge in [0.15, 0.2) is 5.78 Å². The Labute approximate surface area is 258 Å². The molecule has 7 nitrogen and oxygen atoms in total. The van der Waals surface area contributed by atoms with Crippen LogP contribution in [0.2, 0.25) is 5.02 Å². The molecule has 8 heteroatoms. The van der Waals surface area contributed by atoms with Crippen LogP contribution in [0.3, 0.4) is 0 Å². The molecule has 0 radical (unpaired) electrons. The maximum atomic E-state index is 13.0. The third-order valence-electron chi connectivity index (χ3n) is 7.93. The summed E-state index contributed by atoms with van der Waals surface area (Å²) >= 11 is 5.89. The number of fused-ring (bicyclic) bond motifs is 1. The standard InChI is InChI=1S/C19H16ClNO4.C16H23NO/c1-11-15(10-18(22)23)16-9-14(25-2)7-8-17(16)21(11)19(24)12-3-5-13(20)6-4-12;1-13-6-8-15(9-7-13)16(18)14(2)12-17-10-4-3-5-11-17/h3-9H,10H2,1-2H3,(H,22,23);6-9,14H,3-5,10-12H2,1-2H3. The van der Waals surface area contributed by atoms with E-state index < -0.39 is 5.97 Å². The zero-order valence-corrected chi connectivity index (χ0v) is 26.0. The minimum Gasteiger partial charge on any atom is -0.497 e. The second kappa shape index (κ2) is 14.5. The molecule has 0 aliphatic carbocycles. The number of carbonyl (C=O) groups is 3. The molecule has 1 aromatic heterocycles. The topological polar surface area (TPSA) is 88.8 Å². The van der Waals surface area contributed by atoms with E-state index in [9.17, 15) is 19.5 Å². The molecular weight excluding hydrogens is 564 g/mol. The number of carboxylic acids is 1. The summed E-state index contributed by atoms with van der Waals surface area (Å²) in [6.07, 6.45) is 3.74. The van der Waals surface area contributed by atoms with Crippen molar-refractivity contribution in [2.45, 2.75) is 46.5 Å². The summed E-state index contributed by atoms with van der Waals surface area (Å²) in [7, 11) is 1.54. The average Bonchev–Trinajstić information content (AvgIpc) is 3.27. The molecule has 1 aliphatic heterocycles. The quantitative estimate of drug-likeness (QED) is 0.214. The first kappa shape index (κ1) is 32.0. The number of nitrogens with zero attached hydrogens (tertiary/aromatic N) is 2. The van der Waals surface area contributed by atoms with E-state index in [2.05, 4.69) is 11.8 Å². The van der Waals surface area contributed by atoms with Crippen LogP contribution in [0, 0.1) is 19.8 Å². The Balaban J connectivity index is 0.000000208. The van der Waals surface area contributed by atoms with Gasteiger partial charge in [-0.15, -0.1) is 0 Å². The van der Waals surface area contributed by atoms with E-state index in [0.717, 1.165) is 25.2 Å². The molecule has 0 amide bonds. The third-order valence-corrected chi connectivity index (χ3v) is 8.18. The second-order valence-corrected chi connectivity index (χ2v) is 11.6. The molecule has 5 rings (SSSR count). The molecule has 0 saturated carbocycles. The number of benzene rings is 3. The van der Waals surface area contributed by atoms with Gasteiger partial charge >= 0.3 is 5.97 Å². The zero-order valence-electron chi connectivity index (χ0n) is 25.2. The number of carboxylic acid groups (broad SMARTS) is 1. The lowest BCUT2D eigenvalue weighted by molar-refractivity contribution is -0.136. The number of hydrogen-bond acceptors (Lipinski definition) is 5. The molecule has 1 atom stereocenters. The molecular formula is C35H39ClN2O5. The number of aryl methyl sites for hydroxylation is 1. The van der Waals surface area contributed by atoms with Crippen molar-refractivity contribution in [1.29, 1.82) is 0 Å². The van der Waals surface area contributed by atoms with Crippen LogP contribution in [0.5, 0.6) is 5.75 Å². The lowest BCUT2D eigenvalue weighted by atomic mass is 9.97. The summed E-state index contributed by atoms with van der Waals surface area (Å²) in [5, 5.41) is 10.5. The summed E-state index contributed by atoms with van der Waals surface area (Å²) in [6, 6.07) is 19.8. The summed E-state index contributed by atoms with van der Waals surface area (Å²) in [4.78, 5) is 39.0. The number of hydrogen-bond donors (Lipinski definition) is 1. The van der Waals surface area contributed by atoms with Gasteiger partial charge in [0.05, 0.1) is 19.0 Å². The first-order valence-corrected chi connectivity index (χ1v) is 15.0. The molecule has 1 N–H and O–H groups in total. The van der Waals surface area contributed by atoms with Crippen LogP contribution in [-0.4, -0.2) is 59.0 Å². The van der Waals surface area contributed by atoms with E-state index in [1.165, 1.54) is 29.4 Å². The molecule has 3 aromatic carbocycles. The Morgan fingerprint density at radius 3 is 2.14 bits per heavy atom. The summed E-state index contributed by atoms with van der Waals surface area (Å²) in [6.45, 7) is 9.07. The van der Waals surface area contributed by atoms with E-state index in [-0.39, 0.29) is 24.0 Å². The lowest BCUT2D eigenvalue weighted by Crippen LogP contribution is -2.35. The van der Waals surface area contributed by atoms with E-state index in [0.29, 0.717) is 38.5 Å². The van der Waals surface area contributed by atoms with Crippen LogP contribution in [0.1, 0.15) is 63.7 Å². The molecule has 226 valence electrons. The number of rotatable bonds is 8. The van der Waals surface area contributed by atoms with Crippen molar-refractivity contribution in [3.05, 3.63) is 99.7 Å². The van der Waals surface area contributed by atoms with Gasteiger partial charge in [0, 0.05) is 39.7 Å². The molecule has 1 saturated heterocycles. The molecule has 1 unspecified atom stereocenters. The fourth-order valence-corrected chi connectivity index (χ4v) is 5.69. The molecule has 4 aromatic rings. The molecule has 1 aliphatic rings. The van der Waals surface area contributed by atoms with Gasteiger partial charge in [-0.3, -0.25) is 19.0 Å². The van der Waals surface area contributed by atoms with Crippen LogP contribution in [0.15, 0.2) is 66.7 Å². The van der Waals surface area contributed by atoms with Gasteiger partial charge < -0.3 is 14.7 Å². The van der Waals surface area contributed by atoms with Crippen LogP contribution >= 0.6 is 11.6 Å². The molecule has 1 fully saturated rings. The number of piperidine rings is 1. The monoisotopic (exact) mass is 602 g/mol. The maximum absolute atomic E-state index is 13.0. The predicted molar refractivity (Wildman–Crippen MR) is 171 cm³/mol. The first-order chi connectivity index (χ1) is 20.6. The number of ketones is 1. The SMILES string of the molecule is COc1ccc2c(c1)c(CC(=O)O)c(C)n2C(=O)c1ccc(Cl)cc1.Cc1ccc(C(=O)C(C)CN2CCCCC2)cc1. The summed E-state index contributed by atoms with van der Waals surface area (Å²) in [5.74, 6) is -0.202. The summed E-state index contributed by atoms with van der Waals surface area (Å²) < 4.78 is 6.77. The van der Waals surface area contributed by atoms with E-state index in [1.807, 2.05) is 31.2 Å². The number of Topliss-reactive ketones (excluding diaryl/α,β-unsaturated/α-hetero) is 1. The normalized spacial score (nSPS) is 14.1.